The fourth-order valence-electron chi connectivity index (χ4n) is 2.99. The number of halogens is 3. The van der Waals surface area contributed by atoms with Gasteiger partial charge >= 0.3 is 0 Å². The molecule has 1 aliphatic rings. The summed E-state index contributed by atoms with van der Waals surface area (Å²) in [6.07, 6.45) is 3.13. The van der Waals surface area contributed by atoms with Gasteiger partial charge in [0.2, 0.25) is 0 Å². The van der Waals surface area contributed by atoms with Crippen LogP contribution >= 0.6 is 0 Å². The summed E-state index contributed by atoms with van der Waals surface area (Å²) < 4.78 is 41.3. The maximum atomic E-state index is 13.4. The quantitative estimate of drug-likeness (QED) is 0.821. The van der Waals surface area contributed by atoms with Crippen molar-refractivity contribution in [1.29, 1.82) is 0 Å². The van der Waals surface area contributed by atoms with Crippen LogP contribution in [0.15, 0.2) is 18.3 Å². The average Bonchev–Trinajstić information content (AvgIpc) is 2.77. The normalized spacial score (nSPS) is 20.4. The van der Waals surface area contributed by atoms with Crippen LogP contribution in [0, 0.1) is 22.9 Å². The van der Waals surface area contributed by atoms with Gasteiger partial charge in [-0.15, -0.1) is 0 Å². The summed E-state index contributed by atoms with van der Waals surface area (Å²) in [7, 11) is 0. The third-order valence-corrected chi connectivity index (χ3v) is 3.93. The van der Waals surface area contributed by atoms with E-state index < -0.39 is 17.5 Å². The molecule has 0 radical (unpaired) electrons. The summed E-state index contributed by atoms with van der Waals surface area (Å²) in [6.45, 7) is 4.16. The van der Waals surface area contributed by atoms with Gasteiger partial charge in [0.15, 0.2) is 17.5 Å². The van der Waals surface area contributed by atoms with E-state index in [1.807, 2.05) is 0 Å². The van der Waals surface area contributed by atoms with Crippen LogP contribution in [-0.4, -0.2) is 9.78 Å². The zero-order valence-corrected chi connectivity index (χ0v) is 11.8. The Kier molecular flexibility index (Phi) is 3.09. The molecule has 1 heterocycles. The second-order valence-electron chi connectivity index (χ2n) is 6.33. The van der Waals surface area contributed by atoms with E-state index in [0.717, 1.165) is 29.8 Å². The first kappa shape index (κ1) is 14.1. The molecule has 2 aromatic rings. The molecule has 1 atom stereocenters. The Labute approximate surface area is 120 Å². The van der Waals surface area contributed by atoms with E-state index in [1.54, 1.807) is 6.20 Å². The predicted octanol–water partition coefficient (Wildman–Crippen LogP) is 3.26. The zero-order valence-electron chi connectivity index (χ0n) is 11.8. The lowest BCUT2D eigenvalue weighted by atomic mass is 9.74. The molecule has 0 bridgehead atoms. The number of aromatic nitrogens is 2. The molecule has 6 heteroatoms. The number of rotatable bonds is 1. The molecule has 2 N–H and O–H groups in total. The van der Waals surface area contributed by atoms with Crippen molar-refractivity contribution in [2.75, 3.05) is 0 Å². The maximum absolute atomic E-state index is 13.4. The van der Waals surface area contributed by atoms with Gasteiger partial charge in [0.25, 0.3) is 0 Å². The maximum Gasteiger partial charge on any atom is 0.194 e. The van der Waals surface area contributed by atoms with Gasteiger partial charge in [0, 0.05) is 29.4 Å². The lowest BCUT2D eigenvalue weighted by Gasteiger charge is -2.33. The Morgan fingerprint density at radius 2 is 1.86 bits per heavy atom. The molecule has 1 unspecified atom stereocenters. The molecule has 1 aliphatic carbocycles. The number of nitrogens with zero attached hydrogens (tertiary/aromatic N) is 2. The first-order valence-electron chi connectivity index (χ1n) is 6.76. The molecule has 0 saturated heterocycles. The fourth-order valence-corrected chi connectivity index (χ4v) is 2.99. The largest absolute Gasteiger partial charge is 0.324 e. The van der Waals surface area contributed by atoms with Gasteiger partial charge in [-0.2, -0.15) is 5.10 Å². The van der Waals surface area contributed by atoms with Gasteiger partial charge in [-0.1, -0.05) is 13.8 Å². The second-order valence-corrected chi connectivity index (χ2v) is 6.33. The van der Waals surface area contributed by atoms with E-state index >= 15 is 0 Å². The summed E-state index contributed by atoms with van der Waals surface area (Å²) in [6, 6.07) is 1.73. The van der Waals surface area contributed by atoms with Gasteiger partial charge < -0.3 is 5.73 Å². The first-order valence-corrected chi connectivity index (χ1v) is 6.76. The van der Waals surface area contributed by atoms with Gasteiger partial charge in [-0.25, -0.2) is 17.9 Å². The Balaban J connectivity index is 2.14. The fraction of sp³-hybridized carbons (Fsp3) is 0.400. The highest BCUT2D eigenvalue weighted by Gasteiger charge is 2.33. The second kappa shape index (κ2) is 4.59. The van der Waals surface area contributed by atoms with E-state index in [1.165, 1.54) is 4.68 Å². The van der Waals surface area contributed by atoms with E-state index in [4.69, 9.17) is 5.73 Å². The van der Waals surface area contributed by atoms with Crippen molar-refractivity contribution in [3.05, 3.63) is 47.0 Å². The summed E-state index contributed by atoms with van der Waals surface area (Å²) in [5.41, 5.74) is 7.97. The Morgan fingerprint density at radius 1 is 1.24 bits per heavy atom. The predicted molar refractivity (Wildman–Crippen MR) is 72.5 cm³/mol. The van der Waals surface area contributed by atoms with Crippen molar-refractivity contribution in [3.8, 4) is 5.69 Å². The van der Waals surface area contributed by atoms with Crippen LogP contribution in [0.25, 0.3) is 5.69 Å². The van der Waals surface area contributed by atoms with Gasteiger partial charge in [0.05, 0.1) is 11.9 Å². The number of hydrogen-bond acceptors (Lipinski definition) is 2. The summed E-state index contributed by atoms with van der Waals surface area (Å²) >= 11 is 0. The van der Waals surface area contributed by atoms with Crippen molar-refractivity contribution in [2.24, 2.45) is 11.1 Å². The summed E-state index contributed by atoms with van der Waals surface area (Å²) in [4.78, 5) is 0. The smallest absolute Gasteiger partial charge is 0.194 e. The molecule has 0 amide bonds. The van der Waals surface area contributed by atoms with Crippen LogP contribution in [-0.2, 0) is 6.42 Å². The van der Waals surface area contributed by atoms with E-state index in [2.05, 4.69) is 18.9 Å². The summed E-state index contributed by atoms with van der Waals surface area (Å²) in [5, 5.41) is 4.18. The van der Waals surface area contributed by atoms with Crippen molar-refractivity contribution in [2.45, 2.75) is 32.7 Å². The molecule has 21 heavy (non-hydrogen) atoms. The Bertz CT molecular complexity index is 683. The monoisotopic (exact) mass is 295 g/mol. The Hall–Kier alpha value is -1.82. The third-order valence-electron chi connectivity index (χ3n) is 3.93. The van der Waals surface area contributed by atoms with Crippen LogP contribution in [0.3, 0.4) is 0 Å². The van der Waals surface area contributed by atoms with Crippen molar-refractivity contribution in [1.82, 2.24) is 9.78 Å². The van der Waals surface area contributed by atoms with Gasteiger partial charge in [-0.05, 0) is 18.3 Å². The molecule has 0 fully saturated rings. The molecule has 3 rings (SSSR count). The summed E-state index contributed by atoms with van der Waals surface area (Å²) in [5.74, 6) is -3.93. The van der Waals surface area contributed by atoms with Crippen LogP contribution in [0.1, 0.15) is 37.6 Å². The molecule has 112 valence electrons. The standard InChI is InChI=1S/C15H16F3N3/c1-15(2)5-12(19)9-7-20-21(13(9)6-15)8-3-10(16)14(18)11(17)4-8/h3-4,7,12H,5-6,19H2,1-2H3. The van der Waals surface area contributed by atoms with Crippen LogP contribution in [0.4, 0.5) is 13.2 Å². The third kappa shape index (κ3) is 2.33. The van der Waals surface area contributed by atoms with Crippen molar-refractivity contribution < 1.29 is 13.2 Å². The van der Waals surface area contributed by atoms with Crippen molar-refractivity contribution in [3.63, 3.8) is 0 Å². The zero-order chi connectivity index (χ0) is 15.4. The number of fused-ring (bicyclic) bond motifs is 1. The molecule has 0 saturated carbocycles. The van der Waals surface area contributed by atoms with E-state index in [0.29, 0.717) is 6.42 Å². The van der Waals surface area contributed by atoms with Crippen molar-refractivity contribution >= 4 is 0 Å². The minimum Gasteiger partial charge on any atom is -0.324 e. The highest BCUT2D eigenvalue weighted by Crippen LogP contribution is 2.40. The molecule has 3 nitrogen and oxygen atoms in total. The first-order chi connectivity index (χ1) is 9.78. The lowest BCUT2D eigenvalue weighted by molar-refractivity contribution is 0.278. The average molecular weight is 295 g/mol. The number of nitrogens with two attached hydrogens (primary N) is 1. The topological polar surface area (TPSA) is 43.8 Å². The molecular formula is C15H16F3N3. The number of hydrogen-bond donors (Lipinski definition) is 1. The van der Waals surface area contributed by atoms with Gasteiger partial charge in [-0.3, -0.25) is 0 Å². The number of benzene rings is 1. The SMILES string of the molecule is CC1(C)Cc2c(cnn2-c2cc(F)c(F)c(F)c2)C(N)C1. The van der Waals surface area contributed by atoms with Crippen LogP contribution in [0.5, 0.6) is 0 Å². The molecular weight excluding hydrogens is 279 g/mol. The van der Waals surface area contributed by atoms with Crippen LogP contribution < -0.4 is 5.73 Å². The van der Waals surface area contributed by atoms with Gasteiger partial charge in [0.1, 0.15) is 0 Å². The molecule has 0 aliphatic heterocycles. The lowest BCUT2D eigenvalue weighted by Crippen LogP contribution is -2.30. The molecule has 1 aromatic heterocycles. The molecule has 1 aromatic carbocycles. The highest BCUT2D eigenvalue weighted by atomic mass is 19.2. The highest BCUT2D eigenvalue weighted by molar-refractivity contribution is 5.39. The molecule has 0 spiro atoms. The van der Waals surface area contributed by atoms with E-state index in [-0.39, 0.29) is 17.1 Å². The minimum atomic E-state index is -1.48. The van der Waals surface area contributed by atoms with Crippen LogP contribution in [0.2, 0.25) is 0 Å². The van der Waals surface area contributed by atoms with E-state index in [9.17, 15) is 13.2 Å². The minimum absolute atomic E-state index is 0.0265. The Morgan fingerprint density at radius 3 is 2.48 bits per heavy atom.